The van der Waals surface area contributed by atoms with Crippen LogP contribution in [0.4, 0.5) is 11.6 Å². The summed E-state index contributed by atoms with van der Waals surface area (Å²) in [6.45, 7) is 3.35. The molecular weight excluding hydrogens is 286 g/mol. The van der Waals surface area contributed by atoms with Crippen molar-refractivity contribution in [1.82, 2.24) is 24.4 Å². The summed E-state index contributed by atoms with van der Waals surface area (Å²) in [6.07, 6.45) is 4.94. The minimum absolute atomic E-state index is 0.144. The molecule has 0 aliphatic heterocycles. The smallest absolute Gasteiger partial charge is 0.358 e. The molecule has 9 nitrogen and oxygen atoms in total. The number of fused-ring (bicyclic) bond motifs is 1. The Labute approximate surface area is 125 Å². The first-order valence-corrected chi connectivity index (χ1v) is 6.80. The Morgan fingerprint density at radius 1 is 1.36 bits per heavy atom. The number of aryl methyl sites for hydroxylation is 1. The van der Waals surface area contributed by atoms with E-state index in [4.69, 9.17) is 0 Å². The van der Waals surface area contributed by atoms with Crippen LogP contribution in [0.1, 0.15) is 12.5 Å². The maximum absolute atomic E-state index is 11.0. The fourth-order valence-electron chi connectivity index (χ4n) is 2.27. The molecule has 0 aliphatic rings. The summed E-state index contributed by atoms with van der Waals surface area (Å²) in [6, 6.07) is 3.53. The van der Waals surface area contributed by atoms with Crippen LogP contribution in [0.2, 0.25) is 0 Å². The highest BCUT2D eigenvalue weighted by molar-refractivity contribution is 5.49. The monoisotopic (exact) mass is 301 g/mol. The molecule has 22 heavy (non-hydrogen) atoms. The van der Waals surface area contributed by atoms with Crippen LogP contribution < -0.4 is 4.90 Å². The van der Waals surface area contributed by atoms with E-state index in [0.717, 1.165) is 12.1 Å². The molecule has 0 N–H and O–H groups in total. The Morgan fingerprint density at radius 3 is 2.82 bits per heavy atom. The zero-order valence-corrected chi connectivity index (χ0v) is 12.2. The lowest BCUT2D eigenvalue weighted by Gasteiger charge is -2.19. The summed E-state index contributed by atoms with van der Waals surface area (Å²) in [4.78, 5) is 16.5. The van der Waals surface area contributed by atoms with Gasteiger partial charge in [-0.3, -0.25) is 4.68 Å². The van der Waals surface area contributed by atoms with E-state index in [9.17, 15) is 10.1 Å². The number of anilines is 1. The maximum Gasteiger partial charge on any atom is 0.368 e. The van der Waals surface area contributed by atoms with Crippen molar-refractivity contribution in [2.45, 2.75) is 13.5 Å². The van der Waals surface area contributed by atoms with Crippen LogP contribution in [0.3, 0.4) is 0 Å². The number of imidazole rings is 1. The lowest BCUT2D eigenvalue weighted by atomic mass is 10.3. The summed E-state index contributed by atoms with van der Waals surface area (Å²) < 4.78 is 2.99. The Bertz CT molecular complexity index is 823. The number of hydrogen-bond acceptors (Lipinski definition) is 6. The highest BCUT2D eigenvalue weighted by Gasteiger charge is 2.18. The van der Waals surface area contributed by atoms with E-state index in [1.54, 1.807) is 16.9 Å². The van der Waals surface area contributed by atoms with Crippen molar-refractivity contribution in [3.8, 4) is 0 Å². The number of aromatic nitrogens is 5. The fraction of sp³-hybridized carbons (Fsp3) is 0.308. The molecule has 3 rings (SSSR count). The second kappa shape index (κ2) is 5.43. The molecule has 3 aromatic heterocycles. The molecule has 0 aromatic carbocycles. The lowest BCUT2D eigenvalue weighted by molar-refractivity contribution is -0.391. The first-order chi connectivity index (χ1) is 10.6. The summed E-state index contributed by atoms with van der Waals surface area (Å²) in [5, 5.41) is 19.5. The standard InChI is InChI=1S/C13H15N7O2/c1-3-18(9-10-6-15-17(2)8-10)12-5-4-11-14-7-13(20(21)22)19(11)16-12/h4-8H,3,9H2,1-2H3. The lowest BCUT2D eigenvalue weighted by Crippen LogP contribution is -2.23. The minimum atomic E-state index is -0.492. The van der Waals surface area contributed by atoms with E-state index < -0.39 is 4.92 Å². The molecular formula is C13H15N7O2. The summed E-state index contributed by atoms with van der Waals surface area (Å²) in [5.41, 5.74) is 1.50. The Balaban J connectivity index is 1.96. The summed E-state index contributed by atoms with van der Waals surface area (Å²) >= 11 is 0. The van der Waals surface area contributed by atoms with E-state index in [1.165, 1.54) is 10.7 Å². The molecule has 3 heterocycles. The Morgan fingerprint density at radius 2 is 2.18 bits per heavy atom. The van der Waals surface area contributed by atoms with Gasteiger partial charge in [-0.25, -0.2) is 4.98 Å². The van der Waals surface area contributed by atoms with Crippen molar-refractivity contribution >= 4 is 17.3 Å². The van der Waals surface area contributed by atoms with Crippen LogP contribution >= 0.6 is 0 Å². The molecule has 0 radical (unpaired) electrons. The van der Waals surface area contributed by atoms with Gasteiger partial charge < -0.3 is 15.0 Å². The predicted octanol–water partition coefficient (Wildman–Crippen LogP) is 1.40. The van der Waals surface area contributed by atoms with Gasteiger partial charge in [0.2, 0.25) is 5.65 Å². The van der Waals surface area contributed by atoms with E-state index in [0.29, 0.717) is 18.0 Å². The third-order valence-electron chi connectivity index (χ3n) is 3.35. The first-order valence-electron chi connectivity index (χ1n) is 6.80. The van der Waals surface area contributed by atoms with Crippen molar-refractivity contribution in [2.75, 3.05) is 11.4 Å². The molecule has 114 valence electrons. The molecule has 0 spiro atoms. The molecule has 0 saturated heterocycles. The molecule has 0 bridgehead atoms. The van der Waals surface area contributed by atoms with Crippen LogP contribution in [0.5, 0.6) is 0 Å². The Hall–Kier alpha value is -2.97. The van der Waals surface area contributed by atoms with Crippen LogP contribution in [0.15, 0.2) is 30.7 Å². The highest BCUT2D eigenvalue weighted by Crippen LogP contribution is 2.18. The molecule has 0 aliphatic carbocycles. The van der Waals surface area contributed by atoms with Gasteiger partial charge in [-0.05, 0) is 17.9 Å². The normalized spacial score (nSPS) is 11.0. The fourth-order valence-corrected chi connectivity index (χ4v) is 2.27. The van der Waals surface area contributed by atoms with Crippen LogP contribution in [-0.4, -0.2) is 35.8 Å². The van der Waals surface area contributed by atoms with Gasteiger partial charge in [0.1, 0.15) is 6.20 Å². The number of nitro groups is 1. The van der Waals surface area contributed by atoms with Gasteiger partial charge >= 0.3 is 5.82 Å². The van der Waals surface area contributed by atoms with Gasteiger partial charge in [0.15, 0.2) is 5.82 Å². The zero-order valence-electron chi connectivity index (χ0n) is 12.2. The minimum Gasteiger partial charge on any atom is -0.358 e. The van der Waals surface area contributed by atoms with Crippen molar-refractivity contribution in [2.24, 2.45) is 7.05 Å². The molecule has 0 amide bonds. The third kappa shape index (κ3) is 2.48. The van der Waals surface area contributed by atoms with Crippen LogP contribution in [0.25, 0.3) is 5.65 Å². The molecule has 0 unspecified atom stereocenters. The van der Waals surface area contributed by atoms with Crippen LogP contribution in [0, 0.1) is 10.1 Å². The van der Waals surface area contributed by atoms with Crippen molar-refractivity contribution in [3.63, 3.8) is 0 Å². The predicted molar refractivity (Wildman–Crippen MR) is 79.6 cm³/mol. The molecule has 0 saturated carbocycles. The van der Waals surface area contributed by atoms with Gasteiger partial charge in [0.05, 0.1) is 6.20 Å². The van der Waals surface area contributed by atoms with E-state index in [-0.39, 0.29) is 5.82 Å². The van der Waals surface area contributed by atoms with E-state index in [1.807, 2.05) is 31.1 Å². The van der Waals surface area contributed by atoms with Crippen molar-refractivity contribution in [3.05, 3.63) is 46.4 Å². The number of rotatable bonds is 5. The topological polar surface area (TPSA) is 94.4 Å². The second-order valence-corrected chi connectivity index (χ2v) is 4.87. The molecule has 0 fully saturated rings. The van der Waals surface area contributed by atoms with Gasteiger partial charge in [-0.15, -0.1) is 0 Å². The second-order valence-electron chi connectivity index (χ2n) is 4.87. The van der Waals surface area contributed by atoms with Crippen molar-refractivity contribution in [1.29, 1.82) is 0 Å². The van der Waals surface area contributed by atoms with Gasteiger partial charge in [0, 0.05) is 38.0 Å². The van der Waals surface area contributed by atoms with Crippen molar-refractivity contribution < 1.29 is 4.92 Å². The summed E-state index contributed by atoms with van der Waals surface area (Å²) in [5.74, 6) is 0.509. The first kappa shape index (κ1) is 14.0. The SMILES string of the molecule is CCN(Cc1cnn(C)c1)c1ccc2ncc([N+](=O)[O-])n2n1. The van der Waals surface area contributed by atoms with Gasteiger partial charge in [0.25, 0.3) is 0 Å². The number of nitrogens with zero attached hydrogens (tertiary/aromatic N) is 7. The van der Waals surface area contributed by atoms with E-state index >= 15 is 0 Å². The molecule has 3 aromatic rings. The quantitative estimate of drug-likeness (QED) is 0.522. The molecule has 0 atom stereocenters. The van der Waals surface area contributed by atoms with Crippen LogP contribution in [-0.2, 0) is 13.6 Å². The number of hydrogen-bond donors (Lipinski definition) is 0. The van der Waals surface area contributed by atoms with E-state index in [2.05, 4.69) is 15.2 Å². The van der Waals surface area contributed by atoms with Gasteiger partial charge in [-0.1, -0.05) is 9.61 Å². The molecule has 9 heteroatoms. The Kier molecular flexibility index (Phi) is 3.45. The summed E-state index contributed by atoms with van der Waals surface area (Å²) in [7, 11) is 1.86. The largest absolute Gasteiger partial charge is 0.368 e. The average Bonchev–Trinajstić information content (AvgIpc) is 3.10. The third-order valence-corrected chi connectivity index (χ3v) is 3.35. The zero-order chi connectivity index (χ0) is 15.7. The maximum atomic E-state index is 11.0. The highest BCUT2D eigenvalue weighted by atomic mass is 16.6. The van der Waals surface area contributed by atoms with Gasteiger partial charge in [-0.2, -0.15) is 5.10 Å². The average molecular weight is 301 g/mol.